The van der Waals surface area contributed by atoms with Gasteiger partial charge < -0.3 is 0 Å². The molecule has 0 saturated heterocycles. The van der Waals surface area contributed by atoms with E-state index in [0.717, 1.165) is 0 Å². The van der Waals surface area contributed by atoms with Crippen LogP contribution >= 0.6 is 15.8 Å². The van der Waals surface area contributed by atoms with Crippen molar-refractivity contribution in [2.45, 2.75) is 57.3 Å². The minimum atomic E-state index is -0.520. The lowest BCUT2D eigenvalue weighted by molar-refractivity contribution is 0.175. The average molecular weight is 509 g/mol. The quantitative estimate of drug-likeness (QED) is 0.232. The first-order valence-corrected chi connectivity index (χ1v) is 15.8. The van der Waals surface area contributed by atoms with Gasteiger partial charge in [0, 0.05) is 0 Å². The van der Waals surface area contributed by atoms with Crippen molar-refractivity contribution in [1.82, 2.24) is 0 Å². The summed E-state index contributed by atoms with van der Waals surface area (Å²) < 4.78 is 0. The summed E-state index contributed by atoms with van der Waals surface area (Å²) in [6, 6.07) is 45.4. The fourth-order valence-electron chi connectivity index (χ4n) is 7.24. The van der Waals surface area contributed by atoms with E-state index in [1.165, 1.54) is 40.5 Å². The highest BCUT2D eigenvalue weighted by Gasteiger charge is 2.53. The van der Waals surface area contributed by atoms with Crippen molar-refractivity contribution >= 4 is 37.1 Å². The summed E-state index contributed by atoms with van der Waals surface area (Å²) in [6.07, 6.45) is 3.73. The second-order valence-corrected chi connectivity index (χ2v) is 17.3. The molecule has 5 rings (SSSR count). The molecule has 0 amide bonds. The van der Waals surface area contributed by atoms with Gasteiger partial charge in [0.25, 0.3) is 0 Å². The largest absolute Gasteiger partial charge is 0.0622 e. The van der Waals surface area contributed by atoms with Gasteiger partial charge in [-0.05, 0) is 72.1 Å². The van der Waals surface area contributed by atoms with E-state index < -0.39 is 15.8 Å². The van der Waals surface area contributed by atoms with Crippen LogP contribution in [0.4, 0.5) is 0 Å². The van der Waals surface area contributed by atoms with Crippen LogP contribution in [-0.2, 0) is 0 Å². The molecule has 2 atom stereocenters. The molecule has 0 radical (unpaired) electrons. The Hall–Kier alpha value is -2.26. The molecule has 2 unspecified atom stereocenters. The second-order valence-electron chi connectivity index (χ2n) is 11.7. The van der Waals surface area contributed by atoms with Crippen LogP contribution < -0.4 is 21.2 Å². The standard InChI is InChI=1S/C34H38P2/c1-32(2)25-33(3,35(28-17-9-5-10-18-28)29-19-11-6-12-20-29)27-34(4,26-32)36(30-21-13-7-14-22-30)31-23-15-8-16-24-31/h5-24H,25-27H2,1-4H3. The van der Waals surface area contributed by atoms with Crippen molar-refractivity contribution in [1.29, 1.82) is 0 Å². The molecule has 1 fully saturated rings. The summed E-state index contributed by atoms with van der Waals surface area (Å²) in [6.45, 7) is 10.3. The monoisotopic (exact) mass is 508 g/mol. The van der Waals surface area contributed by atoms with Gasteiger partial charge in [-0.1, -0.05) is 149 Å². The van der Waals surface area contributed by atoms with Crippen LogP contribution in [0.15, 0.2) is 121 Å². The molecule has 0 aliphatic heterocycles. The summed E-state index contributed by atoms with van der Waals surface area (Å²) in [4.78, 5) is 0. The molecule has 4 aromatic carbocycles. The van der Waals surface area contributed by atoms with Gasteiger partial charge in [-0.3, -0.25) is 0 Å². The molecule has 1 aliphatic rings. The van der Waals surface area contributed by atoms with Crippen molar-refractivity contribution in [2.75, 3.05) is 0 Å². The number of hydrogen-bond acceptors (Lipinski definition) is 0. The fourth-order valence-corrected chi connectivity index (χ4v) is 14.5. The predicted octanol–water partition coefficient (Wildman–Crippen LogP) is 7.98. The highest BCUT2D eigenvalue weighted by Crippen LogP contribution is 2.67. The van der Waals surface area contributed by atoms with Crippen LogP contribution in [0.25, 0.3) is 0 Å². The van der Waals surface area contributed by atoms with Gasteiger partial charge in [0.2, 0.25) is 0 Å². The third-order valence-electron chi connectivity index (χ3n) is 7.62. The lowest BCUT2D eigenvalue weighted by atomic mass is 9.67. The predicted molar refractivity (Wildman–Crippen MR) is 163 cm³/mol. The van der Waals surface area contributed by atoms with Crippen LogP contribution in [0.2, 0.25) is 0 Å². The van der Waals surface area contributed by atoms with Crippen molar-refractivity contribution < 1.29 is 0 Å². The topological polar surface area (TPSA) is 0 Å². The van der Waals surface area contributed by atoms with Gasteiger partial charge in [-0.15, -0.1) is 0 Å². The Morgan fingerprint density at radius 2 is 0.639 bits per heavy atom. The van der Waals surface area contributed by atoms with E-state index in [2.05, 4.69) is 149 Å². The Kier molecular flexibility index (Phi) is 7.23. The smallest absolute Gasteiger partial charge is 0.00287 e. The minimum Gasteiger partial charge on any atom is -0.0622 e. The fraction of sp³-hybridized carbons (Fsp3) is 0.294. The van der Waals surface area contributed by atoms with Crippen molar-refractivity contribution in [3.8, 4) is 0 Å². The Morgan fingerprint density at radius 3 is 0.889 bits per heavy atom. The molecule has 0 N–H and O–H groups in total. The maximum atomic E-state index is 2.61. The molecule has 184 valence electrons. The lowest BCUT2D eigenvalue weighted by Gasteiger charge is -2.57. The highest BCUT2D eigenvalue weighted by molar-refractivity contribution is 7.75. The third kappa shape index (κ3) is 5.23. The van der Waals surface area contributed by atoms with Gasteiger partial charge in [0.1, 0.15) is 0 Å². The third-order valence-corrected chi connectivity index (χ3v) is 13.7. The maximum absolute atomic E-state index is 2.61. The van der Waals surface area contributed by atoms with E-state index in [1.807, 2.05) is 0 Å². The van der Waals surface area contributed by atoms with E-state index >= 15 is 0 Å². The molecule has 0 nitrogen and oxygen atoms in total. The van der Waals surface area contributed by atoms with Crippen LogP contribution in [0.5, 0.6) is 0 Å². The molecule has 2 heteroatoms. The van der Waals surface area contributed by atoms with E-state index in [1.54, 1.807) is 0 Å². The zero-order chi connectivity index (χ0) is 25.2. The van der Waals surface area contributed by atoms with Crippen LogP contribution in [0, 0.1) is 5.41 Å². The molecular formula is C34H38P2. The summed E-state index contributed by atoms with van der Waals surface area (Å²) in [5.74, 6) is 0. The molecule has 0 aromatic heterocycles. The van der Waals surface area contributed by atoms with E-state index in [9.17, 15) is 0 Å². The second kappa shape index (κ2) is 10.2. The molecule has 1 saturated carbocycles. The Bertz CT molecular complexity index is 1080. The van der Waals surface area contributed by atoms with Crippen molar-refractivity contribution in [3.63, 3.8) is 0 Å². The van der Waals surface area contributed by atoms with Gasteiger partial charge in [-0.2, -0.15) is 0 Å². The van der Waals surface area contributed by atoms with E-state index in [0.29, 0.717) is 0 Å². The zero-order valence-corrected chi connectivity index (χ0v) is 23.9. The molecule has 0 heterocycles. The minimum absolute atomic E-state index is 0.193. The van der Waals surface area contributed by atoms with Gasteiger partial charge in [-0.25, -0.2) is 0 Å². The van der Waals surface area contributed by atoms with Gasteiger partial charge in [0.15, 0.2) is 0 Å². The summed E-state index contributed by atoms with van der Waals surface area (Å²) in [7, 11) is -1.04. The van der Waals surface area contributed by atoms with Crippen LogP contribution in [0.3, 0.4) is 0 Å². The molecule has 0 bridgehead atoms. The Labute approximate surface area is 220 Å². The summed E-state index contributed by atoms with van der Waals surface area (Å²) >= 11 is 0. The van der Waals surface area contributed by atoms with E-state index in [4.69, 9.17) is 0 Å². The zero-order valence-electron chi connectivity index (χ0n) is 22.1. The molecular weight excluding hydrogens is 470 g/mol. The highest BCUT2D eigenvalue weighted by atomic mass is 31.1. The van der Waals surface area contributed by atoms with Gasteiger partial charge >= 0.3 is 0 Å². The van der Waals surface area contributed by atoms with Crippen LogP contribution in [-0.4, -0.2) is 10.3 Å². The normalized spacial score (nSPS) is 23.6. The first kappa shape index (κ1) is 25.4. The molecule has 0 spiro atoms. The first-order valence-electron chi connectivity index (χ1n) is 13.1. The van der Waals surface area contributed by atoms with Crippen LogP contribution in [0.1, 0.15) is 47.0 Å². The first-order chi connectivity index (χ1) is 17.3. The van der Waals surface area contributed by atoms with Crippen molar-refractivity contribution in [3.05, 3.63) is 121 Å². The number of benzene rings is 4. The lowest BCUT2D eigenvalue weighted by Crippen LogP contribution is -2.51. The SMILES string of the molecule is CC1(C)CC(C)(P(c2ccccc2)c2ccccc2)CC(C)(P(c2ccccc2)c2ccccc2)C1. The van der Waals surface area contributed by atoms with Crippen molar-refractivity contribution in [2.24, 2.45) is 5.41 Å². The molecule has 4 aromatic rings. The summed E-state index contributed by atoms with van der Waals surface area (Å²) in [5.41, 5.74) is 0.260. The molecule has 1 aliphatic carbocycles. The summed E-state index contributed by atoms with van der Waals surface area (Å²) in [5, 5.41) is 6.40. The number of rotatable bonds is 6. The Morgan fingerprint density at radius 1 is 0.389 bits per heavy atom. The molecule has 36 heavy (non-hydrogen) atoms. The Balaban J connectivity index is 1.67. The van der Waals surface area contributed by atoms with Gasteiger partial charge in [0.05, 0.1) is 0 Å². The number of hydrogen-bond donors (Lipinski definition) is 0. The van der Waals surface area contributed by atoms with E-state index in [-0.39, 0.29) is 15.7 Å². The average Bonchev–Trinajstić information content (AvgIpc) is 2.85. The maximum Gasteiger partial charge on any atom is -0.00287 e.